The van der Waals surface area contributed by atoms with Crippen molar-refractivity contribution in [3.63, 3.8) is 0 Å². The Kier molecular flexibility index (Phi) is 6.50. The number of amides is 2. The number of pyridine rings is 1. The summed E-state index contributed by atoms with van der Waals surface area (Å²) in [7, 11) is -4.54. The van der Waals surface area contributed by atoms with Crippen molar-refractivity contribution < 1.29 is 31.2 Å². The first-order chi connectivity index (χ1) is 15.3. The summed E-state index contributed by atoms with van der Waals surface area (Å²) in [5.74, 6) is -1.60. The predicted molar refractivity (Wildman–Crippen MR) is 114 cm³/mol. The number of nitrogens with zero attached hydrogens (tertiary/aromatic N) is 1. The molecule has 2 heterocycles. The van der Waals surface area contributed by atoms with E-state index in [2.05, 4.69) is 15.3 Å². The standard InChI is InChI=1S/C21H21F3N4O4S/c1-11-5-4-6-16-14(9-25-18(11)16)8-17(27-13(3)29)20(30)28-33(31,32)15-7-12(2)19(26-10-15)21(22,23)24/h4-7,9-10,17,25H,8H2,1-3H3,(H,27,29)(H,28,30). The first-order valence-electron chi connectivity index (χ1n) is 9.73. The van der Waals surface area contributed by atoms with E-state index in [0.717, 1.165) is 29.5 Å². The lowest BCUT2D eigenvalue weighted by Crippen LogP contribution is -2.49. The minimum atomic E-state index is -4.75. The first-order valence-corrected chi connectivity index (χ1v) is 11.2. The smallest absolute Gasteiger partial charge is 0.361 e. The second kappa shape index (κ2) is 8.85. The molecule has 0 bridgehead atoms. The Bertz CT molecular complexity index is 1330. The van der Waals surface area contributed by atoms with Crippen LogP contribution >= 0.6 is 0 Å². The van der Waals surface area contributed by atoms with Gasteiger partial charge in [0.05, 0.1) is 0 Å². The number of para-hydroxylation sites is 1. The lowest BCUT2D eigenvalue weighted by atomic mass is 10.0. The zero-order valence-corrected chi connectivity index (χ0v) is 18.7. The van der Waals surface area contributed by atoms with Crippen LogP contribution in [0.25, 0.3) is 10.9 Å². The number of H-pyrrole nitrogens is 1. The highest BCUT2D eigenvalue weighted by molar-refractivity contribution is 7.90. The molecule has 3 N–H and O–H groups in total. The lowest BCUT2D eigenvalue weighted by molar-refractivity contribution is -0.141. The molecule has 176 valence electrons. The fraction of sp³-hybridized carbons (Fsp3) is 0.286. The zero-order chi connectivity index (χ0) is 24.6. The van der Waals surface area contributed by atoms with Crippen LogP contribution in [0.4, 0.5) is 13.2 Å². The van der Waals surface area contributed by atoms with E-state index in [1.54, 1.807) is 6.20 Å². The molecule has 0 spiro atoms. The Balaban J connectivity index is 1.87. The van der Waals surface area contributed by atoms with E-state index in [1.165, 1.54) is 6.92 Å². The van der Waals surface area contributed by atoms with Crippen molar-refractivity contribution in [3.8, 4) is 0 Å². The Labute approximate surface area is 187 Å². The van der Waals surface area contributed by atoms with Crippen molar-refractivity contribution in [2.75, 3.05) is 0 Å². The Morgan fingerprint density at radius 2 is 1.88 bits per heavy atom. The van der Waals surface area contributed by atoms with Crippen LogP contribution in [0.5, 0.6) is 0 Å². The number of rotatable bonds is 6. The number of aromatic nitrogens is 2. The molecule has 33 heavy (non-hydrogen) atoms. The molecule has 0 saturated carbocycles. The molecule has 2 amide bonds. The van der Waals surface area contributed by atoms with Gasteiger partial charge in [-0.1, -0.05) is 18.2 Å². The van der Waals surface area contributed by atoms with Gasteiger partial charge in [0, 0.05) is 36.6 Å². The van der Waals surface area contributed by atoms with Gasteiger partial charge < -0.3 is 10.3 Å². The van der Waals surface area contributed by atoms with Gasteiger partial charge in [0.1, 0.15) is 16.6 Å². The van der Waals surface area contributed by atoms with Gasteiger partial charge in [0.2, 0.25) is 5.91 Å². The highest BCUT2D eigenvalue weighted by atomic mass is 32.2. The fourth-order valence-corrected chi connectivity index (χ4v) is 4.51. The lowest BCUT2D eigenvalue weighted by Gasteiger charge is -2.18. The predicted octanol–water partition coefficient (Wildman–Crippen LogP) is 2.75. The number of benzene rings is 1. The summed E-state index contributed by atoms with van der Waals surface area (Å²) in [6.45, 7) is 4.14. The van der Waals surface area contributed by atoms with Gasteiger partial charge in [-0.2, -0.15) is 13.2 Å². The summed E-state index contributed by atoms with van der Waals surface area (Å²) in [6, 6.07) is 5.08. The van der Waals surface area contributed by atoms with Crippen LogP contribution in [0.2, 0.25) is 0 Å². The number of aromatic amines is 1. The summed E-state index contributed by atoms with van der Waals surface area (Å²) in [4.78, 5) is 30.1. The minimum Gasteiger partial charge on any atom is -0.361 e. The van der Waals surface area contributed by atoms with Crippen molar-refractivity contribution in [1.82, 2.24) is 20.0 Å². The van der Waals surface area contributed by atoms with Gasteiger partial charge >= 0.3 is 6.18 Å². The topological polar surface area (TPSA) is 121 Å². The summed E-state index contributed by atoms with van der Waals surface area (Å²) < 4.78 is 65.8. The third-order valence-corrected chi connectivity index (χ3v) is 6.31. The highest BCUT2D eigenvalue weighted by Gasteiger charge is 2.35. The molecule has 0 fully saturated rings. The number of aryl methyl sites for hydroxylation is 2. The van der Waals surface area contributed by atoms with Crippen molar-refractivity contribution >= 4 is 32.7 Å². The molecule has 3 aromatic rings. The van der Waals surface area contributed by atoms with E-state index in [9.17, 15) is 31.2 Å². The Morgan fingerprint density at radius 1 is 1.18 bits per heavy atom. The van der Waals surface area contributed by atoms with Crippen molar-refractivity contribution in [2.45, 2.75) is 44.3 Å². The molecule has 0 saturated heterocycles. The Morgan fingerprint density at radius 3 is 2.48 bits per heavy atom. The average molecular weight is 482 g/mol. The number of nitrogens with one attached hydrogen (secondary N) is 3. The van der Waals surface area contributed by atoms with E-state index in [1.807, 2.05) is 29.8 Å². The van der Waals surface area contributed by atoms with Gasteiger partial charge in [-0.3, -0.25) is 14.6 Å². The molecule has 0 aliphatic heterocycles. The fourth-order valence-electron chi connectivity index (χ4n) is 3.46. The molecular weight excluding hydrogens is 461 g/mol. The molecule has 12 heteroatoms. The first kappa shape index (κ1) is 24.2. The van der Waals surface area contributed by atoms with Crippen molar-refractivity contribution in [1.29, 1.82) is 0 Å². The van der Waals surface area contributed by atoms with E-state index in [4.69, 9.17) is 0 Å². The molecule has 0 aliphatic carbocycles. The number of carbonyl (C=O) groups excluding carboxylic acids is 2. The molecule has 8 nitrogen and oxygen atoms in total. The summed E-state index contributed by atoms with van der Waals surface area (Å²) in [5.41, 5.74) is 0.844. The molecule has 1 atom stereocenters. The molecule has 1 aromatic carbocycles. The quantitative estimate of drug-likeness (QED) is 0.499. The van der Waals surface area contributed by atoms with Gasteiger partial charge in [0.25, 0.3) is 15.9 Å². The van der Waals surface area contributed by atoms with Gasteiger partial charge in [-0.15, -0.1) is 0 Å². The van der Waals surface area contributed by atoms with Crippen LogP contribution in [0.15, 0.2) is 41.6 Å². The SMILES string of the molecule is CC(=O)NC(Cc1c[nH]c2c(C)cccc12)C(=O)NS(=O)(=O)c1cnc(C(F)(F)F)c(C)c1. The number of fused-ring (bicyclic) bond motifs is 1. The summed E-state index contributed by atoms with van der Waals surface area (Å²) in [6.07, 6.45) is -2.57. The van der Waals surface area contributed by atoms with Crippen molar-refractivity contribution in [3.05, 3.63) is 59.0 Å². The number of alkyl halides is 3. The minimum absolute atomic E-state index is 0.0192. The van der Waals surface area contributed by atoms with Crippen LogP contribution in [-0.4, -0.2) is 36.2 Å². The maximum Gasteiger partial charge on any atom is 0.433 e. The maximum absolute atomic E-state index is 12.9. The number of hydrogen-bond acceptors (Lipinski definition) is 5. The largest absolute Gasteiger partial charge is 0.433 e. The number of hydrogen-bond donors (Lipinski definition) is 3. The number of carbonyl (C=O) groups is 2. The molecule has 0 aliphatic rings. The molecular formula is C21H21F3N4O4S. The van der Waals surface area contributed by atoms with Crippen LogP contribution < -0.4 is 10.0 Å². The van der Waals surface area contributed by atoms with Crippen LogP contribution in [-0.2, 0) is 32.2 Å². The van der Waals surface area contributed by atoms with E-state index < -0.39 is 50.2 Å². The van der Waals surface area contributed by atoms with Crippen molar-refractivity contribution in [2.24, 2.45) is 0 Å². The monoisotopic (exact) mass is 482 g/mol. The van der Waals surface area contributed by atoms with Gasteiger partial charge in [-0.25, -0.2) is 13.1 Å². The third kappa shape index (κ3) is 5.33. The van der Waals surface area contributed by atoms with E-state index in [0.29, 0.717) is 11.8 Å². The van der Waals surface area contributed by atoms with Crippen LogP contribution in [0.3, 0.4) is 0 Å². The number of halogens is 3. The second-order valence-corrected chi connectivity index (χ2v) is 9.26. The molecule has 1 unspecified atom stereocenters. The van der Waals surface area contributed by atoms with Crippen LogP contribution in [0.1, 0.15) is 29.3 Å². The highest BCUT2D eigenvalue weighted by Crippen LogP contribution is 2.30. The second-order valence-electron chi connectivity index (χ2n) is 7.57. The van der Waals surface area contributed by atoms with Crippen LogP contribution in [0, 0.1) is 13.8 Å². The zero-order valence-electron chi connectivity index (χ0n) is 17.9. The molecule has 3 rings (SSSR count). The maximum atomic E-state index is 12.9. The normalized spacial score (nSPS) is 13.0. The summed E-state index contributed by atoms with van der Waals surface area (Å²) in [5, 5.41) is 3.23. The average Bonchev–Trinajstić information content (AvgIpc) is 3.10. The molecule has 2 aromatic heterocycles. The third-order valence-electron chi connectivity index (χ3n) is 4.99. The van der Waals surface area contributed by atoms with Gasteiger partial charge in [0.15, 0.2) is 0 Å². The summed E-state index contributed by atoms with van der Waals surface area (Å²) >= 11 is 0. The Hall–Kier alpha value is -3.41. The molecule has 0 radical (unpaired) electrons. The number of sulfonamides is 1. The van der Waals surface area contributed by atoms with E-state index in [-0.39, 0.29) is 6.42 Å². The van der Waals surface area contributed by atoms with E-state index >= 15 is 0 Å². The van der Waals surface area contributed by atoms with Gasteiger partial charge in [-0.05, 0) is 36.6 Å².